The summed E-state index contributed by atoms with van der Waals surface area (Å²) in [5, 5.41) is 3.06. The third kappa shape index (κ3) is 2.35. The first kappa shape index (κ1) is 11.0. The lowest BCUT2D eigenvalue weighted by atomic mass is 9.64. The molecule has 1 spiro atoms. The van der Waals surface area contributed by atoms with Crippen molar-refractivity contribution in [2.45, 2.75) is 52.4 Å². The molecule has 0 aromatic heterocycles. The highest BCUT2D eigenvalue weighted by molar-refractivity contribution is 5.76. The van der Waals surface area contributed by atoms with E-state index in [0.29, 0.717) is 5.41 Å². The van der Waals surface area contributed by atoms with Crippen LogP contribution in [0.3, 0.4) is 0 Å². The van der Waals surface area contributed by atoms with Crippen LogP contribution in [0.25, 0.3) is 0 Å². The molecule has 0 aromatic rings. The summed E-state index contributed by atoms with van der Waals surface area (Å²) in [6.07, 6.45) is 7.31. The highest BCUT2D eigenvalue weighted by atomic mass is 16.1. The van der Waals surface area contributed by atoms with Crippen molar-refractivity contribution in [2.24, 2.45) is 17.3 Å². The van der Waals surface area contributed by atoms with Crippen LogP contribution in [-0.4, -0.2) is 12.5 Å². The van der Waals surface area contributed by atoms with E-state index in [1.165, 1.54) is 25.7 Å². The molecule has 1 heterocycles. The summed E-state index contributed by atoms with van der Waals surface area (Å²) in [7, 11) is 0. The molecule has 1 saturated heterocycles. The number of amides is 1. The Balaban J connectivity index is 1.99. The summed E-state index contributed by atoms with van der Waals surface area (Å²) in [5.41, 5.74) is 0.459. The first-order chi connectivity index (χ1) is 7.11. The number of carbonyl (C=O) groups is 1. The van der Waals surface area contributed by atoms with Crippen LogP contribution >= 0.6 is 0 Å². The molecule has 2 atom stereocenters. The van der Waals surface area contributed by atoms with Crippen molar-refractivity contribution in [1.29, 1.82) is 0 Å². The fourth-order valence-electron chi connectivity index (χ4n) is 3.30. The highest BCUT2D eigenvalue weighted by Gasteiger charge is 2.39. The molecular formula is C13H23NO. The normalized spacial score (nSPS) is 37.0. The van der Waals surface area contributed by atoms with Crippen LogP contribution in [0.2, 0.25) is 0 Å². The molecule has 0 bridgehead atoms. The van der Waals surface area contributed by atoms with E-state index >= 15 is 0 Å². The highest BCUT2D eigenvalue weighted by Crippen LogP contribution is 2.45. The fourth-order valence-corrected chi connectivity index (χ4v) is 3.30. The lowest BCUT2D eigenvalue weighted by Crippen LogP contribution is -2.46. The van der Waals surface area contributed by atoms with E-state index in [1.54, 1.807) is 0 Å². The van der Waals surface area contributed by atoms with Gasteiger partial charge in [-0.25, -0.2) is 0 Å². The van der Waals surface area contributed by atoms with Crippen LogP contribution in [0.4, 0.5) is 0 Å². The Morgan fingerprint density at radius 2 is 2.20 bits per heavy atom. The van der Waals surface area contributed by atoms with Gasteiger partial charge in [0.1, 0.15) is 0 Å². The van der Waals surface area contributed by atoms with Crippen molar-refractivity contribution in [3.63, 3.8) is 0 Å². The minimum atomic E-state index is 0.257. The van der Waals surface area contributed by atoms with Gasteiger partial charge in [-0.2, -0.15) is 0 Å². The minimum Gasteiger partial charge on any atom is -0.356 e. The monoisotopic (exact) mass is 209 g/mol. The molecule has 0 radical (unpaired) electrons. The van der Waals surface area contributed by atoms with Crippen molar-refractivity contribution in [1.82, 2.24) is 5.32 Å². The molecule has 86 valence electrons. The number of hydrogen-bond acceptors (Lipinski definition) is 1. The second-order valence-electron chi connectivity index (χ2n) is 5.88. The predicted molar refractivity (Wildman–Crippen MR) is 61.5 cm³/mol. The van der Waals surface area contributed by atoms with E-state index in [4.69, 9.17) is 0 Å². The second kappa shape index (κ2) is 4.15. The maximum absolute atomic E-state index is 11.2. The maximum Gasteiger partial charge on any atom is 0.220 e. The smallest absolute Gasteiger partial charge is 0.220 e. The summed E-state index contributed by atoms with van der Waals surface area (Å²) in [6, 6.07) is 0. The molecule has 1 aliphatic heterocycles. The first-order valence-corrected chi connectivity index (χ1v) is 6.38. The van der Waals surface area contributed by atoms with E-state index < -0.39 is 0 Å². The summed E-state index contributed by atoms with van der Waals surface area (Å²) >= 11 is 0. The molecule has 2 heteroatoms. The molecule has 1 amide bonds. The van der Waals surface area contributed by atoms with E-state index in [-0.39, 0.29) is 5.91 Å². The second-order valence-corrected chi connectivity index (χ2v) is 5.88. The molecule has 15 heavy (non-hydrogen) atoms. The Labute approximate surface area is 92.8 Å². The van der Waals surface area contributed by atoms with E-state index in [0.717, 1.165) is 31.2 Å². The van der Waals surface area contributed by atoms with Crippen LogP contribution in [-0.2, 0) is 4.79 Å². The molecule has 1 aliphatic carbocycles. The Morgan fingerprint density at radius 3 is 2.80 bits per heavy atom. The van der Waals surface area contributed by atoms with Gasteiger partial charge >= 0.3 is 0 Å². The van der Waals surface area contributed by atoms with Crippen LogP contribution in [0.1, 0.15) is 52.4 Å². The van der Waals surface area contributed by atoms with Crippen molar-refractivity contribution >= 4 is 5.91 Å². The van der Waals surface area contributed by atoms with Crippen LogP contribution in [0.5, 0.6) is 0 Å². The molecule has 0 aromatic carbocycles. The largest absolute Gasteiger partial charge is 0.356 e. The Morgan fingerprint density at radius 1 is 1.40 bits per heavy atom. The van der Waals surface area contributed by atoms with Gasteiger partial charge in [0.05, 0.1) is 0 Å². The van der Waals surface area contributed by atoms with Crippen LogP contribution < -0.4 is 5.32 Å². The minimum absolute atomic E-state index is 0.257. The van der Waals surface area contributed by atoms with Crippen molar-refractivity contribution in [3.05, 3.63) is 0 Å². The topological polar surface area (TPSA) is 29.1 Å². The number of hydrogen-bond donors (Lipinski definition) is 1. The standard InChI is InChI=1S/C13H23NO/c1-10(2)11-4-3-6-13(8-11)7-5-12(15)14-9-13/h10-11H,3-9H2,1-2H3,(H,14,15). The zero-order valence-corrected chi connectivity index (χ0v) is 10.0. The number of piperidine rings is 1. The van der Waals surface area contributed by atoms with Gasteiger partial charge < -0.3 is 5.32 Å². The van der Waals surface area contributed by atoms with Gasteiger partial charge in [0.2, 0.25) is 5.91 Å². The number of nitrogens with one attached hydrogen (secondary N) is 1. The molecule has 1 N–H and O–H groups in total. The van der Waals surface area contributed by atoms with Gasteiger partial charge in [-0.3, -0.25) is 4.79 Å². The van der Waals surface area contributed by atoms with E-state index in [2.05, 4.69) is 19.2 Å². The van der Waals surface area contributed by atoms with Crippen molar-refractivity contribution < 1.29 is 4.79 Å². The van der Waals surface area contributed by atoms with E-state index in [1.807, 2.05) is 0 Å². The van der Waals surface area contributed by atoms with Gasteiger partial charge in [-0.15, -0.1) is 0 Å². The summed E-state index contributed by atoms with van der Waals surface area (Å²) < 4.78 is 0. The van der Waals surface area contributed by atoms with Gasteiger partial charge in [-0.05, 0) is 36.5 Å². The van der Waals surface area contributed by atoms with Crippen LogP contribution in [0.15, 0.2) is 0 Å². The molecule has 2 rings (SSSR count). The van der Waals surface area contributed by atoms with E-state index in [9.17, 15) is 4.79 Å². The molecule has 2 unspecified atom stereocenters. The van der Waals surface area contributed by atoms with Crippen molar-refractivity contribution in [3.8, 4) is 0 Å². The Hall–Kier alpha value is -0.530. The zero-order valence-electron chi connectivity index (χ0n) is 10.0. The lowest BCUT2D eigenvalue weighted by molar-refractivity contribution is -0.125. The number of rotatable bonds is 1. The maximum atomic E-state index is 11.2. The molecule has 2 aliphatic rings. The average Bonchev–Trinajstić information content (AvgIpc) is 2.23. The summed E-state index contributed by atoms with van der Waals surface area (Å²) in [6.45, 7) is 5.62. The first-order valence-electron chi connectivity index (χ1n) is 6.38. The van der Waals surface area contributed by atoms with Gasteiger partial charge in [0.15, 0.2) is 0 Å². The summed E-state index contributed by atoms with van der Waals surface area (Å²) in [4.78, 5) is 11.2. The van der Waals surface area contributed by atoms with Gasteiger partial charge in [0, 0.05) is 13.0 Å². The molecule has 2 fully saturated rings. The third-order valence-electron chi connectivity index (χ3n) is 4.46. The Bertz CT molecular complexity index is 237. The summed E-state index contributed by atoms with van der Waals surface area (Å²) in [5.74, 6) is 1.95. The van der Waals surface area contributed by atoms with Gasteiger partial charge in [-0.1, -0.05) is 26.7 Å². The van der Waals surface area contributed by atoms with Crippen molar-refractivity contribution in [2.75, 3.05) is 6.54 Å². The number of carbonyl (C=O) groups excluding carboxylic acids is 1. The Kier molecular flexibility index (Phi) is 3.03. The quantitative estimate of drug-likeness (QED) is 0.707. The van der Waals surface area contributed by atoms with Crippen LogP contribution in [0, 0.1) is 17.3 Å². The molecule has 2 nitrogen and oxygen atoms in total. The zero-order chi connectivity index (χ0) is 10.9. The predicted octanol–water partition coefficient (Wildman–Crippen LogP) is 2.73. The fraction of sp³-hybridized carbons (Fsp3) is 0.923. The third-order valence-corrected chi connectivity index (χ3v) is 4.46. The molecular weight excluding hydrogens is 186 g/mol. The average molecular weight is 209 g/mol. The SMILES string of the molecule is CC(C)C1CCCC2(CCC(=O)NC2)C1. The van der Waals surface area contributed by atoms with Gasteiger partial charge in [0.25, 0.3) is 0 Å². The lowest BCUT2D eigenvalue weighted by Gasteiger charge is -2.44. The molecule has 1 saturated carbocycles.